The summed E-state index contributed by atoms with van der Waals surface area (Å²) in [5.41, 5.74) is 4.60. The lowest BCUT2D eigenvalue weighted by Gasteiger charge is -2.09. The molecule has 0 saturated carbocycles. The molecule has 0 saturated heterocycles. The van der Waals surface area contributed by atoms with E-state index in [2.05, 4.69) is 32.6 Å². The van der Waals surface area contributed by atoms with Crippen LogP contribution in [0.1, 0.15) is 22.6 Å². The number of ether oxygens (including phenoxy) is 2. The number of rotatable bonds is 7. The van der Waals surface area contributed by atoms with Crippen LogP contribution in [-0.2, 0) is 0 Å². The normalized spacial score (nSPS) is 11.3. The molecule has 0 amide bonds. The van der Waals surface area contributed by atoms with Crippen LogP contribution in [-0.4, -0.2) is 36.4 Å². The summed E-state index contributed by atoms with van der Waals surface area (Å²) in [7, 11) is 5.04. The molecule has 0 atom stereocenters. The second-order valence-electron chi connectivity index (χ2n) is 7.11. The van der Waals surface area contributed by atoms with Crippen LogP contribution < -0.4 is 14.8 Å². The fourth-order valence-electron chi connectivity index (χ4n) is 3.34. The highest BCUT2D eigenvalue weighted by Gasteiger charge is 2.17. The Bertz CT molecular complexity index is 1250. The van der Waals surface area contributed by atoms with E-state index in [1.165, 1.54) is 5.56 Å². The Morgan fingerprint density at radius 1 is 1.00 bits per heavy atom. The zero-order valence-electron chi connectivity index (χ0n) is 18.4. The van der Waals surface area contributed by atoms with E-state index in [9.17, 15) is 0 Å². The number of methoxy groups -OCH3 is 2. The van der Waals surface area contributed by atoms with Gasteiger partial charge in [0.2, 0.25) is 5.82 Å². The van der Waals surface area contributed by atoms with Crippen LogP contribution in [0.25, 0.3) is 23.0 Å². The van der Waals surface area contributed by atoms with Gasteiger partial charge in [-0.05, 0) is 48.4 Å². The summed E-state index contributed by atoms with van der Waals surface area (Å²) in [6.07, 6.45) is 3.71. The first kappa shape index (κ1) is 21.1. The molecule has 4 aromatic rings. The Morgan fingerprint density at radius 3 is 2.50 bits per heavy atom. The summed E-state index contributed by atoms with van der Waals surface area (Å²) in [6.45, 7) is 2.05. The average molecular weight is 428 g/mol. The van der Waals surface area contributed by atoms with Gasteiger partial charge < -0.3 is 19.3 Å². The summed E-state index contributed by atoms with van der Waals surface area (Å²) < 4.78 is 16.5. The molecule has 7 heteroatoms. The van der Waals surface area contributed by atoms with Gasteiger partial charge in [-0.25, -0.2) is 4.98 Å². The molecule has 0 fully saturated rings. The van der Waals surface area contributed by atoms with Crippen molar-refractivity contribution in [2.75, 3.05) is 26.6 Å². The van der Waals surface area contributed by atoms with Crippen molar-refractivity contribution in [3.63, 3.8) is 0 Å². The number of pyridine rings is 1. The van der Waals surface area contributed by atoms with E-state index < -0.39 is 0 Å². The van der Waals surface area contributed by atoms with E-state index in [0.717, 1.165) is 22.3 Å². The van der Waals surface area contributed by atoms with Gasteiger partial charge in [0.25, 0.3) is 5.89 Å². The first-order chi connectivity index (χ1) is 15.6. The highest BCUT2D eigenvalue weighted by Crippen LogP contribution is 2.32. The lowest BCUT2D eigenvalue weighted by atomic mass is 10.0. The second kappa shape index (κ2) is 9.34. The Hall–Kier alpha value is -4.13. The number of benzene rings is 2. The van der Waals surface area contributed by atoms with Crippen molar-refractivity contribution in [1.82, 2.24) is 15.1 Å². The van der Waals surface area contributed by atoms with E-state index in [-0.39, 0.29) is 0 Å². The third kappa shape index (κ3) is 4.32. The van der Waals surface area contributed by atoms with E-state index in [0.29, 0.717) is 29.0 Å². The molecule has 32 heavy (non-hydrogen) atoms. The highest BCUT2D eigenvalue weighted by atomic mass is 16.5. The van der Waals surface area contributed by atoms with Gasteiger partial charge >= 0.3 is 0 Å². The van der Waals surface area contributed by atoms with Gasteiger partial charge in [0, 0.05) is 18.8 Å². The predicted molar refractivity (Wildman–Crippen MR) is 125 cm³/mol. The van der Waals surface area contributed by atoms with Crippen molar-refractivity contribution in [2.24, 2.45) is 0 Å². The van der Waals surface area contributed by atoms with Crippen molar-refractivity contribution < 1.29 is 14.0 Å². The number of anilines is 1. The topological polar surface area (TPSA) is 82.3 Å². The summed E-state index contributed by atoms with van der Waals surface area (Å²) >= 11 is 0. The maximum absolute atomic E-state index is 5.70. The lowest BCUT2D eigenvalue weighted by Crippen LogP contribution is -1.96. The van der Waals surface area contributed by atoms with Crippen molar-refractivity contribution in [2.45, 2.75) is 6.92 Å². The Kier molecular flexibility index (Phi) is 6.17. The molecule has 2 aromatic heterocycles. The molecule has 0 aliphatic carbocycles. The van der Waals surface area contributed by atoms with Gasteiger partial charge in [-0.15, -0.1) is 0 Å². The molecule has 7 nitrogen and oxygen atoms in total. The van der Waals surface area contributed by atoms with E-state index in [4.69, 9.17) is 14.0 Å². The monoisotopic (exact) mass is 428 g/mol. The molecule has 0 radical (unpaired) electrons. The molecule has 2 heterocycles. The maximum atomic E-state index is 5.70. The van der Waals surface area contributed by atoms with Crippen LogP contribution in [0.15, 0.2) is 65.3 Å². The van der Waals surface area contributed by atoms with Crippen LogP contribution in [0.3, 0.4) is 0 Å². The highest BCUT2D eigenvalue weighted by molar-refractivity contribution is 5.89. The van der Waals surface area contributed by atoms with E-state index >= 15 is 0 Å². The number of nitrogens with zero attached hydrogens (tertiary/aromatic N) is 3. The molecule has 0 unspecified atom stereocenters. The van der Waals surface area contributed by atoms with E-state index in [1.807, 2.05) is 62.5 Å². The zero-order valence-corrected chi connectivity index (χ0v) is 18.4. The Balaban J connectivity index is 1.82. The number of aromatic nitrogens is 3. The predicted octanol–water partition coefficient (Wildman–Crippen LogP) is 5.09. The minimum absolute atomic E-state index is 0.407. The first-order valence-electron chi connectivity index (χ1n) is 10.1. The quantitative estimate of drug-likeness (QED) is 0.411. The van der Waals surface area contributed by atoms with Gasteiger partial charge in [0.05, 0.1) is 19.8 Å². The number of hydrogen-bond donors (Lipinski definition) is 1. The van der Waals surface area contributed by atoms with Crippen molar-refractivity contribution in [3.05, 3.63) is 83.4 Å². The molecule has 0 aliphatic heterocycles. The maximum Gasteiger partial charge on any atom is 0.258 e. The minimum atomic E-state index is 0.407. The smallest absolute Gasteiger partial charge is 0.258 e. The summed E-state index contributed by atoms with van der Waals surface area (Å²) in [6, 6.07) is 17.6. The Labute approximate surface area is 186 Å². The van der Waals surface area contributed by atoms with Gasteiger partial charge in [-0.1, -0.05) is 41.1 Å². The molecule has 162 valence electrons. The van der Waals surface area contributed by atoms with Gasteiger partial charge in [-0.2, -0.15) is 4.98 Å². The van der Waals surface area contributed by atoms with Crippen LogP contribution >= 0.6 is 0 Å². The number of hydrogen-bond acceptors (Lipinski definition) is 7. The standard InChI is InChI=1S/C25H24N4O3/c1-16-7-10-18(11-8-16)20(14-17-9-12-21(30-3)22(15-17)31-4)25-28-24(29-32-25)19-6-5-13-27-23(19)26-2/h5-15H,1-4H3,(H,26,27)/b20-14-. The Morgan fingerprint density at radius 2 is 1.78 bits per heavy atom. The zero-order chi connectivity index (χ0) is 22.5. The molecule has 4 rings (SSSR count). The van der Waals surface area contributed by atoms with Gasteiger partial charge in [0.1, 0.15) is 5.82 Å². The van der Waals surface area contributed by atoms with E-state index in [1.54, 1.807) is 20.4 Å². The van der Waals surface area contributed by atoms with Crippen molar-refractivity contribution in [3.8, 4) is 22.9 Å². The van der Waals surface area contributed by atoms with Crippen molar-refractivity contribution >= 4 is 17.5 Å². The van der Waals surface area contributed by atoms with Crippen LogP contribution in [0.2, 0.25) is 0 Å². The lowest BCUT2D eigenvalue weighted by molar-refractivity contribution is 0.355. The fourth-order valence-corrected chi connectivity index (χ4v) is 3.34. The second-order valence-corrected chi connectivity index (χ2v) is 7.11. The molecule has 0 spiro atoms. The summed E-state index contributed by atoms with van der Waals surface area (Å²) in [4.78, 5) is 9.00. The fraction of sp³-hybridized carbons (Fsp3) is 0.160. The first-order valence-corrected chi connectivity index (χ1v) is 10.1. The molecular formula is C25H24N4O3. The third-order valence-electron chi connectivity index (χ3n) is 5.02. The number of aryl methyl sites for hydroxylation is 1. The summed E-state index contributed by atoms with van der Waals surface area (Å²) in [5.74, 6) is 2.86. The van der Waals surface area contributed by atoms with Crippen LogP contribution in [0.4, 0.5) is 5.82 Å². The minimum Gasteiger partial charge on any atom is -0.493 e. The SMILES string of the molecule is CNc1ncccc1-c1noc(/C(=C\c2ccc(OC)c(OC)c2)c2ccc(C)cc2)n1. The van der Waals surface area contributed by atoms with Gasteiger partial charge in [-0.3, -0.25) is 0 Å². The number of nitrogens with one attached hydrogen (secondary N) is 1. The van der Waals surface area contributed by atoms with Crippen molar-refractivity contribution in [1.29, 1.82) is 0 Å². The molecule has 0 aliphatic rings. The molecule has 0 bridgehead atoms. The van der Waals surface area contributed by atoms with Gasteiger partial charge in [0.15, 0.2) is 11.5 Å². The average Bonchev–Trinajstić information content (AvgIpc) is 3.32. The molecular weight excluding hydrogens is 404 g/mol. The third-order valence-corrected chi connectivity index (χ3v) is 5.02. The molecule has 1 N–H and O–H groups in total. The summed E-state index contributed by atoms with van der Waals surface area (Å²) in [5, 5.41) is 7.27. The van der Waals surface area contributed by atoms with Crippen LogP contribution in [0, 0.1) is 6.92 Å². The molecule has 2 aromatic carbocycles. The van der Waals surface area contributed by atoms with Crippen LogP contribution in [0.5, 0.6) is 11.5 Å². The largest absolute Gasteiger partial charge is 0.493 e.